The Morgan fingerprint density at radius 1 is 0.410 bits per heavy atom. The maximum Gasteiger partial charge on any atom is 0.296 e. The Labute approximate surface area is 816 Å². The van der Waals surface area contributed by atoms with Crippen molar-refractivity contribution in [3.8, 4) is 133 Å². The molecule has 4 atom stereocenters. The van der Waals surface area contributed by atoms with Crippen LogP contribution in [-0.2, 0) is 0 Å². The molecular formula is C94H104Cl4F8N14O19. The maximum absolute atomic E-state index is 14.7. The summed E-state index contributed by atoms with van der Waals surface area (Å²) in [7, 11) is 16.0. The van der Waals surface area contributed by atoms with Crippen LogP contribution in [0.1, 0.15) is 61.0 Å². The molecule has 8 aliphatic rings. The number of hydrogen-bond donors (Lipinski definition) is 1. The zero-order valence-corrected chi connectivity index (χ0v) is 76.9. The molecule has 11 heterocycles. The standard InChI is InChI=1S/3C22H20ClF2N3O5.C17H22F2N4O2.C7H6ClNO2.4CH4/c3*1-28-6-5-17(22(24,25)9-28)32-16-8-12(29-2)7-14-18(16)21(27-10-26-14)33-19-13(23)3-4-15-20(19)31-11-30-15;1-22(2)11-21-14-7-12(24-4)8-15(13(14)9-20)25-16-5-6-23(3)10-17(16,18)19;8-4-1-2-5-7(6(4)9)11-3-10-5;;;;/h3*3-4,7-8,10,17H,5-6,9,11H2,1-2H3;7-8,11,16H,5-6,10H2,1-4H3;1-2H,3,9H2;4*1H4/t2*17-;;;;;;;/m10......./s1. The normalized spacial score (nSPS) is 18.6. The molecule has 139 heavy (non-hydrogen) atoms. The van der Waals surface area contributed by atoms with Gasteiger partial charge in [-0.2, -0.15) is 5.26 Å². The molecule has 11 aromatic rings. The Balaban J connectivity index is 0.000000170. The molecule has 2 N–H and O–H groups in total. The molecule has 0 bridgehead atoms. The lowest BCUT2D eigenvalue weighted by Crippen LogP contribution is -2.52. The lowest BCUT2D eigenvalue weighted by Gasteiger charge is -2.36. The number of nitrogens with two attached hydrogens (primary N) is 1. The van der Waals surface area contributed by atoms with Gasteiger partial charge in [-0.25, -0.2) is 70.0 Å². The Morgan fingerprint density at radius 3 is 0.986 bits per heavy atom. The molecule has 0 spiro atoms. The van der Waals surface area contributed by atoms with E-state index in [0.29, 0.717) is 144 Å². The van der Waals surface area contributed by atoms with Gasteiger partial charge >= 0.3 is 0 Å². The zero-order valence-electron chi connectivity index (χ0n) is 73.9. The predicted molar refractivity (Wildman–Crippen MR) is 506 cm³/mol. The molecule has 0 amide bonds. The van der Waals surface area contributed by atoms with Crippen molar-refractivity contribution in [1.29, 1.82) is 5.26 Å². The molecule has 8 aliphatic heterocycles. The topological polar surface area (TPSA) is 331 Å². The minimum atomic E-state index is -3.05. The highest BCUT2D eigenvalue weighted by Gasteiger charge is 2.50. The number of anilines is 1. The molecule has 19 rings (SSSR count). The first kappa shape index (κ1) is 107. The first-order chi connectivity index (χ1) is 64.6. The van der Waals surface area contributed by atoms with Gasteiger partial charge in [0.1, 0.15) is 92.8 Å². The number of piperidine rings is 4. The smallest absolute Gasteiger partial charge is 0.296 e. The van der Waals surface area contributed by atoms with Crippen molar-refractivity contribution in [2.24, 2.45) is 4.99 Å². The van der Waals surface area contributed by atoms with Gasteiger partial charge in [-0.3, -0.25) is 0 Å². The largest absolute Gasteiger partial charge is 0.497 e. The first-order valence-electron chi connectivity index (χ1n) is 41.5. The fourth-order valence-electron chi connectivity index (χ4n) is 15.2. The molecule has 8 aromatic carbocycles. The highest BCUT2D eigenvalue weighted by molar-refractivity contribution is 6.34. The number of rotatable bonds is 20. The number of nitrogen functional groups attached to an aromatic ring is 1. The molecule has 748 valence electrons. The lowest BCUT2D eigenvalue weighted by atomic mass is 10.0. The van der Waals surface area contributed by atoms with Crippen molar-refractivity contribution >= 4 is 96.8 Å². The molecule has 33 nitrogen and oxygen atoms in total. The summed E-state index contributed by atoms with van der Waals surface area (Å²) in [4.78, 5) is 37.6. The highest BCUT2D eigenvalue weighted by atomic mass is 35.5. The quantitative estimate of drug-likeness (QED) is 0.0320. The molecule has 0 saturated carbocycles. The minimum Gasteiger partial charge on any atom is -0.497 e. The number of aromatic nitrogens is 6. The maximum atomic E-state index is 14.7. The molecular weight excluding hydrogens is 1920 g/mol. The molecule has 4 fully saturated rings. The van der Waals surface area contributed by atoms with E-state index in [9.17, 15) is 40.4 Å². The van der Waals surface area contributed by atoms with Gasteiger partial charge in [0.2, 0.25) is 62.1 Å². The Bertz CT molecular complexity index is 5830. The molecule has 2 unspecified atom stereocenters. The third-order valence-electron chi connectivity index (χ3n) is 21.9. The average Bonchev–Trinajstić information content (AvgIpc) is 1.75. The van der Waals surface area contributed by atoms with Crippen molar-refractivity contribution in [2.45, 2.75) is 103 Å². The SMILES string of the molecule is C.C.C.C.COc1cc(N=CN(C)C)c(C#N)c(OC2CCN(C)CC2(F)F)c1.COc1cc(OC2CCN(C)CC2(F)F)c2c(Oc3c(Cl)ccc4c3OCO4)ncnc2c1.COc1cc(O[C@@H]2CCN(C)CC2(F)F)c2c(Oc3c(Cl)ccc4c3OCO4)ncnc2c1.COc1cc(O[C@H]2CCN(C)CC2(F)F)c2c(Oc3c(Cl)ccc4c3OCO4)ncnc2c1.Nc1c(Cl)ccc2c1OCO2. The monoisotopic (exact) mass is 2020 g/mol. The van der Waals surface area contributed by atoms with Crippen LogP contribution in [0, 0.1) is 11.3 Å². The summed E-state index contributed by atoms with van der Waals surface area (Å²) in [5.41, 5.74) is 7.64. The van der Waals surface area contributed by atoms with E-state index in [1.165, 1.54) is 78.0 Å². The number of ether oxygens (including phenoxy) is 19. The average molecular weight is 2030 g/mol. The van der Waals surface area contributed by atoms with Crippen molar-refractivity contribution in [3.05, 3.63) is 142 Å². The number of likely N-dealkylation sites (tertiary alicyclic amines) is 4. The van der Waals surface area contributed by atoms with Crippen LogP contribution in [0.15, 0.2) is 121 Å². The highest BCUT2D eigenvalue weighted by Crippen LogP contribution is 2.54. The van der Waals surface area contributed by atoms with Crippen LogP contribution >= 0.6 is 46.4 Å². The number of benzene rings is 8. The first-order valence-corrected chi connectivity index (χ1v) is 43.0. The van der Waals surface area contributed by atoms with Crippen LogP contribution < -0.4 is 95.7 Å². The second-order valence-electron chi connectivity index (χ2n) is 31.8. The van der Waals surface area contributed by atoms with Gasteiger partial charge in [-0.15, -0.1) is 0 Å². The van der Waals surface area contributed by atoms with E-state index in [4.69, 9.17) is 142 Å². The van der Waals surface area contributed by atoms with Crippen LogP contribution in [0.4, 0.5) is 46.5 Å². The molecule has 3 aromatic heterocycles. The molecule has 0 aliphatic carbocycles. The summed E-state index contributed by atoms with van der Waals surface area (Å²) in [5.74, 6) is -5.77. The van der Waals surface area contributed by atoms with Gasteiger partial charge in [0, 0.05) is 114 Å². The number of nitriles is 1. The third-order valence-corrected chi connectivity index (χ3v) is 23.1. The van der Waals surface area contributed by atoms with Crippen LogP contribution in [0.3, 0.4) is 0 Å². The summed E-state index contributed by atoms with van der Waals surface area (Å²) in [6.07, 6.45) is 0.702. The van der Waals surface area contributed by atoms with E-state index in [1.54, 1.807) is 140 Å². The number of fused-ring (bicyclic) bond motifs is 7. The van der Waals surface area contributed by atoms with Gasteiger partial charge in [0.05, 0.1) is 109 Å². The van der Waals surface area contributed by atoms with Gasteiger partial charge in [-0.1, -0.05) is 76.1 Å². The lowest BCUT2D eigenvalue weighted by molar-refractivity contribution is -0.135. The van der Waals surface area contributed by atoms with Crippen molar-refractivity contribution in [2.75, 3.05) is 156 Å². The van der Waals surface area contributed by atoms with Crippen LogP contribution in [-0.4, -0.2) is 259 Å². The fourth-order valence-corrected chi connectivity index (χ4v) is 15.9. The van der Waals surface area contributed by atoms with Gasteiger partial charge in [0.25, 0.3) is 23.7 Å². The minimum absolute atomic E-state index is 0. The van der Waals surface area contributed by atoms with Crippen molar-refractivity contribution in [1.82, 2.24) is 54.4 Å². The number of hydrogen-bond acceptors (Lipinski definition) is 32. The van der Waals surface area contributed by atoms with E-state index in [0.717, 1.165) is 0 Å². The Hall–Kier alpha value is -12.8. The summed E-state index contributed by atoms with van der Waals surface area (Å²) in [6, 6.07) is 27.7. The predicted octanol–water partition coefficient (Wildman–Crippen LogP) is 20.3. The van der Waals surface area contributed by atoms with E-state index >= 15 is 0 Å². The third kappa shape index (κ3) is 24.2. The van der Waals surface area contributed by atoms with E-state index < -0.39 is 67.7 Å². The number of alkyl halides is 8. The number of methoxy groups -OCH3 is 4. The van der Waals surface area contributed by atoms with Crippen molar-refractivity contribution < 1.29 is 125 Å². The summed E-state index contributed by atoms with van der Waals surface area (Å²) in [5, 5.41) is 11.7. The molecule has 45 heteroatoms. The summed E-state index contributed by atoms with van der Waals surface area (Å²) >= 11 is 24.8. The van der Waals surface area contributed by atoms with Gasteiger partial charge in [0.15, 0.2) is 70.4 Å². The van der Waals surface area contributed by atoms with E-state index in [2.05, 4.69) is 34.9 Å². The number of halogens is 12. The Morgan fingerprint density at radius 2 is 0.691 bits per heavy atom. The van der Waals surface area contributed by atoms with Crippen molar-refractivity contribution in [3.63, 3.8) is 0 Å². The summed E-state index contributed by atoms with van der Waals surface area (Å²) in [6.45, 7) is 0.635. The Kier molecular flexibility index (Phi) is 34.8. The molecule has 4 saturated heterocycles. The second-order valence-corrected chi connectivity index (χ2v) is 33.5. The van der Waals surface area contributed by atoms with E-state index in [1.807, 2.05) is 6.07 Å². The van der Waals surface area contributed by atoms with Crippen LogP contribution in [0.5, 0.6) is 127 Å². The van der Waals surface area contributed by atoms with Gasteiger partial charge < -0.3 is 120 Å². The van der Waals surface area contributed by atoms with Crippen LogP contribution in [0.2, 0.25) is 20.1 Å². The van der Waals surface area contributed by atoms with Crippen LogP contribution in [0.25, 0.3) is 32.7 Å². The zero-order chi connectivity index (χ0) is 96.0. The van der Waals surface area contributed by atoms with Gasteiger partial charge in [-0.05, 0) is 76.7 Å². The number of aliphatic imine (C=N–C) groups is 1. The molecule has 0 radical (unpaired) electrons. The fraction of sp³-hybridized carbons (Fsp3) is 0.404. The number of nitrogens with zero attached hydrogens (tertiary/aromatic N) is 13. The van der Waals surface area contributed by atoms with E-state index in [-0.39, 0.29) is 168 Å². The summed E-state index contributed by atoms with van der Waals surface area (Å²) < 4.78 is 222. The second kappa shape index (κ2) is 45.4.